The summed E-state index contributed by atoms with van der Waals surface area (Å²) >= 11 is 7.16. The lowest BCUT2D eigenvalue weighted by Gasteiger charge is -2.15. The average Bonchev–Trinajstić information content (AvgIpc) is 3.07. The second kappa shape index (κ2) is 9.38. The number of ether oxygens (including phenoxy) is 2. The van der Waals surface area contributed by atoms with Crippen molar-refractivity contribution in [3.8, 4) is 0 Å². The van der Waals surface area contributed by atoms with Crippen LogP contribution in [0.25, 0.3) is 10.2 Å². The van der Waals surface area contributed by atoms with Crippen molar-refractivity contribution in [1.29, 1.82) is 0 Å². The molecule has 10 heteroatoms. The van der Waals surface area contributed by atoms with E-state index in [1.165, 1.54) is 18.0 Å². The Balaban J connectivity index is 1.90. The highest BCUT2D eigenvalue weighted by molar-refractivity contribution is 7.20. The number of hydrogen-bond donors (Lipinski definition) is 1. The first kappa shape index (κ1) is 21.9. The first-order chi connectivity index (χ1) is 14.3. The van der Waals surface area contributed by atoms with Crippen molar-refractivity contribution in [1.82, 2.24) is 9.55 Å². The number of thiophene rings is 1. The Labute approximate surface area is 181 Å². The third-order valence-corrected chi connectivity index (χ3v) is 6.02. The van der Waals surface area contributed by atoms with Gasteiger partial charge in [-0.15, -0.1) is 11.3 Å². The number of carbonyl (C=O) groups is 2. The minimum absolute atomic E-state index is 0.111. The van der Waals surface area contributed by atoms with Crippen LogP contribution in [0.2, 0.25) is 5.02 Å². The Kier molecular flexibility index (Phi) is 6.86. The Morgan fingerprint density at radius 1 is 1.30 bits per heavy atom. The fraction of sp³-hybridized carbons (Fsp3) is 0.300. The number of anilines is 1. The Hall–Kier alpha value is -2.75. The van der Waals surface area contributed by atoms with Crippen molar-refractivity contribution in [3.63, 3.8) is 0 Å². The first-order valence-corrected chi connectivity index (χ1v) is 10.3. The van der Waals surface area contributed by atoms with E-state index < -0.39 is 23.5 Å². The number of fused-ring (bicyclic) bond motifs is 1. The van der Waals surface area contributed by atoms with E-state index in [1.54, 1.807) is 38.1 Å². The van der Waals surface area contributed by atoms with Gasteiger partial charge >= 0.3 is 5.97 Å². The molecular formula is C20H20ClN3O5S. The molecule has 1 unspecified atom stereocenters. The number of amides is 1. The highest BCUT2D eigenvalue weighted by Gasteiger charge is 2.23. The average molecular weight is 450 g/mol. The van der Waals surface area contributed by atoms with E-state index >= 15 is 0 Å². The highest BCUT2D eigenvalue weighted by atomic mass is 35.5. The smallest absolute Gasteiger partial charge is 0.348 e. The molecule has 0 radical (unpaired) electrons. The van der Waals surface area contributed by atoms with Crippen molar-refractivity contribution in [3.05, 3.63) is 56.4 Å². The molecule has 8 nitrogen and oxygen atoms in total. The van der Waals surface area contributed by atoms with Crippen LogP contribution in [0.1, 0.15) is 28.2 Å². The minimum atomic E-state index is -0.845. The lowest BCUT2D eigenvalue weighted by Crippen LogP contribution is -2.31. The largest absolute Gasteiger partial charge is 0.459 e. The van der Waals surface area contributed by atoms with Crippen LogP contribution in [0, 0.1) is 6.92 Å². The van der Waals surface area contributed by atoms with Crippen LogP contribution >= 0.6 is 22.9 Å². The summed E-state index contributed by atoms with van der Waals surface area (Å²) in [6.07, 6.45) is 1.30. The van der Waals surface area contributed by atoms with E-state index in [0.29, 0.717) is 31.4 Å². The van der Waals surface area contributed by atoms with Gasteiger partial charge in [0.25, 0.3) is 5.56 Å². The molecule has 0 aliphatic heterocycles. The number of nitrogens with one attached hydrogen (secondary N) is 1. The molecule has 0 aliphatic rings. The molecule has 1 aromatic carbocycles. The van der Waals surface area contributed by atoms with Crippen molar-refractivity contribution in [2.45, 2.75) is 19.9 Å². The summed E-state index contributed by atoms with van der Waals surface area (Å²) in [6, 6.07) is 5.97. The zero-order valence-corrected chi connectivity index (χ0v) is 18.2. The van der Waals surface area contributed by atoms with E-state index in [1.807, 2.05) is 0 Å². The van der Waals surface area contributed by atoms with Gasteiger partial charge in [-0.2, -0.15) is 0 Å². The molecular weight excluding hydrogens is 430 g/mol. The van der Waals surface area contributed by atoms with Crippen LogP contribution in [-0.4, -0.2) is 41.8 Å². The van der Waals surface area contributed by atoms with Crippen molar-refractivity contribution in [2.24, 2.45) is 0 Å². The zero-order chi connectivity index (χ0) is 21.8. The first-order valence-electron chi connectivity index (χ1n) is 9.06. The Bertz CT molecular complexity index is 1160. The second-order valence-electron chi connectivity index (χ2n) is 6.47. The molecule has 0 saturated heterocycles. The van der Waals surface area contributed by atoms with Crippen molar-refractivity contribution >= 4 is 50.7 Å². The number of aryl methyl sites for hydroxylation is 1. The molecule has 1 atom stereocenters. The van der Waals surface area contributed by atoms with Crippen LogP contribution < -0.4 is 10.9 Å². The van der Waals surface area contributed by atoms with Gasteiger partial charge in [-0.3, -0.25) is 14.2 Å². The summed E-state index contributed by atoms with van der Waals surface area (Å²) in [5, 5.41) is 3.39. The third kappa shape index (κ3) is 4.38. The van der Waals surface area contributed by atoms with Gasteiger partial charge in [-0.1, -0.05) is 23.7 Å². The van der Waals surface area contributed by atoms with E-state index in [-0.39, 0.29) is 13.2 Å². The van der Waals surface area contributed by atoms with Crippen molar-refractivity contribution in [2.75, 3.05) is 25.6 Å². The number of nitrogens with zero attached hydrogens (tertiary/aromatic N) is 2. The van der Waals surface area contributed by atoms with Gasteiger partial charge in [0.2, 0.25) is 5.91 Å². The predicted molar refractivity (Wildman–Crippen MR) is 116 cm³/mol. The maximum Gasteiger partial charge on any atom is 0.348 e. The predicted octanol–water partition coefficient (Wildman–Crippen LogP) is 3.42. The summed E-state index contributed by atoms with van der Waals surface area (Å²) in [5.74, 6) is -0.957. The topological polar surface area (TPSA) is 99.5 Å². The van der Waals surface area contributed by atoms with E-state index in [4.69, 9.17) is 21.1 Å². The number of carbonyl (C=O) groups excluding carboxylic acids is 2. The molecule has 158 valence electrons. The standard InChI is InChI=1S/C20H20ClN3O5S/c1-11-15-18(30-16(11)20(27)29-9-8-28-3)22-10-24(19(15)26)12(2)17(25)23-14-7-5-4-6-13(14)21/h4-7,10,12H,8-9H2,1-3H3,(H,23,25). The number of methoxy groups -OCH3 is 1. The summed E-state index contributed by atoms with van der Waals surface area (Å²) in [5.41, 5.74) is 0.514. The summed E-state index contributed by atoms with van der Waals surface area (Å²) in [4.78, 5) is 43.0. The van der Waals surface area contributed by atoms with Crippen LogP contribution in [-0.2, 0) is 14.3 Å². The normalized spacial score (nSPS) is 12.0. The number of hydrogen-bond acceptors (Lipinski definition) is 7. The van der Waals surface area contributed by atoms with Crippen LogP contribution in [0.15, 0.2) is 35.4 Å². The highest BCUT2D eigenvalue weighted by Crippen LogP contribution is 2.28. The quantitative estimate of drug-likeness (QED) is 0.438. The van der Waals surface area contributed by atoms with Crippen LogP contribution in [0.3, 0.4) is 0 Å². The molecule has 30 heavy (non-hydrogen) atoms. The molecule has 0 saturated carbocycles. The molecule has 0 spiro atoms. The molecule has 2 heterocycles. The number of esters is 1. The third-order valence-electron chi connectivity index (χ3n) is 4.51. The van der Waals surface area contributed by atoms with Gasteiger partial charge in [0.1, 0.15) is 22.4 Å². The van der Waals surface area contributed by atoms with E-state index in [2.05, 4.69) is 10.3 Å². The van der Waals surface area contributed by atoms with Gasteiger partial charge in [0.15, 0.2) is 0 Å². The number of halogens is 1. The summed E-state index contributed by atoms with van der Waals surface area (Å²) in [7, 11) is 1.51. The Morgan fingerprint density at radius 2 is 2.03 bits per heavy atom. The van der Waals surface area contributed by atoms with Gasteiger partial charge in [0.05, 0.1) is 29.0 Å². The van der Waals surface area contributed by atoms with Crippen LogP contribution in [0.5, 0.6) is 0 Å². The molecule has 2 aromatic heterocycles. The summed E-state index contributed by atoms with van der Waals surface area (Å²) < 4.78 is 11.2. The van der Waals surface area contributed by atoms with Gasteiger partial charge in [-0.05, 0) is 31.5 Å². The molecule has 0 bridgehead atoms. The molecule has 0 fully saturated rings. The van der Waals surface area contributed by atoms with E-state index in [0.717, 1.165) is 11.3 Å². The minimum Gasteiger partial charge on any atom is -0.459 e. The number of benzene rings is 1. The Morgan fingerprint density at radius 3 is 2.73 bits per heavy atom. The van der Waals surface area contributed by atoms with Crippen LogP contribution in [0.4, 0.5) is 5.69 Å². The molecule has 0 aliphatic carbocycles. The lowest BCUT2D eigenvalue weighted by molar-refractivity contribution is -0.118. The number of para-hydroxylation sites is 1. The SMILES string of the molecule is COCCOC(=O)c1sc2ncn(C(C)C(=O)Nc3ccccc3Cl)c(=O)c2c1C. The number of aromatic nitrogens is 2. The van der Waals surface area contributed by atoms with Gasteiger partial charge in [0, 0.05) is 7.11 Å². The maximum absolute atomic E-state index is 13.1. The molecule has 3 aromatic rings. The molecule has 3 rings (SSSR count). The summed E-state index contributed by atoms with van der Waals surface area (Å²) in [6.45, 7) is 3.63. The fourth-order valence-electron chi connectivity index (χ4n) is 2.82. The van der Waals surface area contributed by atoms with Gasteiger partial charge < -0.3 is 14.8 Å². The van der Waals surface area contributed by atoms with E-state index in [9.17, 15) is 14.4 Å². The van der Waals surface area contributed by atoms with Crippen molar-refractivity contribution < 1.29 is 19.1 Å². The molecule has 1 amide bonds. The van der Waals surface area contributed by atoms with Gasteiger partial charge in [-0.25, -0.2) is 9.78 Å². The molecule has 1 N–H and O–H groups in total. The number of rotatable bonds is 7. The zero-order valence-electron chi connectivity index (χ0n) is 16.6. The maximum atomic E-state index is 13.1. The monoisotopic (exact) mass is 449 g/mol. The second-order valence-corrected chi connectivity index (χ2v) is 7.87. The lowest BCUT2D eigenvalue weighted by atomic mass is 10.2. The fourth-order valence-corrected chi connectivity index (χ4v) is 4.03.